The van der Waals surface area contributed by atoms with E-state index in [0.717, 1.165) is 31.6 Å². The van der Waals surface area contributed by atoms with Crippen LogP contribution in [-0.2, 0) is 9.84 Å². The van der Waals surface area contributed by atoms with E-state index in [0.29, 0.717) is 10.8 Å². The fourth-order valence-electron chi connectivity index (χ4n) is 2.71. The lowest BCUT2D eigenvalue weighted by molar-refractivity contribution is 0.354. The van der Waals surface area contributed by atoms with Gasteiger partial charge in [-0.15, -0.1) is 0 Å². The first-order valence-corrected chi connectivity index (χ1v) is 8.92. The Labute approximate surface area is 121 Å². The van der Waals surface area contributed by atoms with Gasteiger partial charge in [-0.1, -0.05) is 6.92 Å². The molecule has 1 atom stereocenters. The average Bonchev–Trinajstić information content (AvgIpc) is 2.47. The number of hydrogen-bond acceptors (Lipinski definition) is 4. The van der Waals surface area contributed by atoms with Crippen LogP contribution in [0.4, 0.5) is 5.69 Å². The third-order valence-corrected chi connectivity index (χ3v) is 5.97. The fourth-order valence-corrected chi connectivity index (χ4v) is 3.60. The van der Waals surface area contributed by atoms with Gasteiger partial charge in [0.25, 0.3) is 0 Å². The van der Waals surface area contributed by atoms with Crippen LogP contribution in [0.25, 0.3) is 0 Å². The first-order chi connectivity index (χ1) is 9.44. The summed E-state index contributed by atoms with van der Waals surface area (Å²) in [6.07, 6.45) is 2.21. The van der Waals surface area contributed by atoms with Gasteiger partial charge in [0.05, 0.1) is 10.6 Å². The lowest BCUT2D eigenvalue weighted by atomic mass is 9.91. The summed E-state index contributed by atoms with van der Waals surface area (Å²) in [5.41, 5.74) is 7.05. The second kappa shape index (κ2) is 6.14. The van der Waals surface area contributed by atoms with E-state index in [1.807, 2.05) is 12.1 Å². The molecule has 1 aromatic carbocycles. The van der Waals surface area contributed by atoms with Crippen molar-refractivity contribution < 1.29 is 8.42 Å². The van der Waals surface area contributed by atoms with Gasteiger partial charge in [0.15, 0.2) is 9.84 Å². The zero-order valence-electron chi connectivity index (χ0n) is 12.2. The van der Waals surface area contributed by atoms with Gasteiger partial charge < -0.3 is 10.6 Å². The van der Waals surface area contributed by atoms with Crippen molar-refractivity contribution >= 4 is 15.5 Å². The molecular formula is C15H24N2O2S. The summed E-state index contributed by atoms with van der Waals surface area (Å²) in [4.78, 5) is 2.72. The van der Waals surface area contributed by atoms with E-state index in [4.69, 9.17) is 5.73 Å². The van der Waals surface area contributed by atoms with Crippen molar-refractivity contribution in [2.75, 3.05) is 23.7 Å². The Balaban J connectivity index is 2.05. The fraction of sp³-hybridized carbons (Fsp3) is 0.600. The van der Waals surface area contributed by atoms with Gasteiger partial charge in [-0.25, -0.2) is 8.42 Å². The second-order valence-electron chi connectivity index (χ2n) is 5.58. The van der Waals surface area contributed by atoms with E-state index in [-0.39, 0.29) is 11.8 Å². The lowest BCUT2D eigenvalue weighted by Crippen LogP contribution is -2.39. The number of benzene rings is 1. The van der Waals surface area contributed by atoms with E-state index < -0.39 is 9.84 Å². The number of piperidine rings is 1. The molecule has 0 spiro atoms. The molecule has 2 rings (SSSR count). The third-order valence-electron chi connectivity index (χ3n) is 4.22. The Morgan fingerprint density at radius 1 is 1.25 bits per heavy atom. The van der Waals surface area contributed by atoms with Gasteiger partial charge >= 0.3 is 0 Å². The van der Waals surface area contributed by atoms with Crippen LogP contribution in [-0.4, -0.2) is 33.3 Å². The van der Waals surface area contributed by atoms with Crippen molar-refractivity contribution in [1.82, 2.24) is 0 Å². The highest BCUT2D eigenvalue weighted by molar-refractivity contribution is 7.91. The van der Waals surface area contributed by atoms with E-state index in [1.54, 1.807) is 19.1 Å². The Morgan fingerprint density at radius 2 is 1.80 bits per heavy atom. The van der Waals surface area contributed by atoms with Crippen LogP contribution < -0.4 is 10.6 Å². The Morgan fingerprint density at radius 3 is 2.25 bits per heavy atom. The summed E-state index contributed by atoms with van der Waals surface area (Å²) in [7, 11) is -3.10. The van der Waals surface area contributed by atoms with Gasteiger partial charge in [-0.05, 0) is 49.9 Å². The number of nitrogens with zero attached hydrogens (tertiary/aromatic N) is 1. The molecule has 1 aliphatic heterocycles. The molecule has 0 amide bonds. The Bertz CT molecular complexity index is 529. The molecule has 1 aliphatic rings. The molecule has 0 radical (unpaired) electrons. The van der Waals surface area contributed by atoms with Crippen LogP contribution >= 0.6 is 0 Å². The minimum atomic E-state index is -3.10. The van der Waals surface area contributed by atoms with Crippen LogP contribution in [0.1, 0.15) is 26.7 Å². The predicted molar refractivity (Wildman–Crippen MR) is 82.8 cm³/mol. The van der Waals surface area contributed by atoms with E-state index in [9.17, 15) is 8.42 Å². The molecule has 1 unspecified atom stereocenters. The molecule has 0 aliphatic carbocycles. The predicted octanol–water partition coefficient (Wildman–Crippen LogP) is 2.04. The quantitative estimate of drug-likeness (QED) is 0.923. The molecule has 0 saturated carbocycles. The summed E-state index contributed by atoms with van der Waals surface area (Å²) >= 11 is 0. The van der Waals surface area contributed by atoms with Gasteiger partial charge in [0.1, 0.15) is 0 Å². The van der Waals surface area contributed by atoms with Crippen LogP contribution in [0.2, 0.25) is 0 Å². The first kappa shape index (κ1) is 15.3. The van der Waals surface area contributed by atoms with Crippen molar-refractivity contribution in [2.45, 2.75) is 37.6 Å². The topological polar surface area (TPSA) is 63.4 Å². The van der Waals surface area contributed by atoms with Gasteiger partial charge in [-0.3, -0.25) is 0 Å². The summed E-state index contributed by atoms with van der Waals surface area (Å²) in [5, 5.41) is 0. The molecule has 0 bridgehead atoms. The maximum absolute atomic E-state index is 11.8. The van der Waals surface area contributed by atoms with Crippen LogP contribution in [0, 0.1) is 5.92 Å². The van der Waals surface area contributed by atoms with E-state index in [1.165, 1.54) is 0 Å². The van der Waals surface area contributed by atoms with E-state index in [2.05, 4.69) is 11.8 Å². The van der Waals surface area contributed by atoms with Crippen molar-refractivity contribution in [2.24, 2.45) is 11.7 Å². The highest BCUT2D eigenvalue weighted by atomic mass is 32.2. The maximum atomic E-state index is 11.8. The summed E-state index contributed by atoms with van der Waals surface area (Å²) < 4.78 is 23.6. The van der Waals surface area contributed by atoms with Crippen molar-refractivity contribution in [1.29, 1.82) is 0 Å². The molecule has 1 saturated heterocycles. The Kier molecular flexibility index (Phi) is 4.70. The molecule has 1 aromatic rings. The minimum Gasteiger partial charge on any atom is -0.372 e. The number of hydrogen-bond donors (Lipinski definition) is 1. The van der Waals surface area contributed by atoms with Crippen molar-refractivity contribution in [3.8, 4) is 0 Å². The van der Waals surface area contributed by atoms with Crippen LogP contribution in [0.3, 0.4) is 0 Å². The highest BCUT2D eigenvalue weighted by Gasteiger charge is 2.22. The number of nitrogens with two attached hydrogens (primary N) is 1. The number of rotatable bonds is 4. The van der Waals surface area contributed by atoms with Gasteiger partial charge in [-0.2, -0.15) is 0 Å². The van der Waals surface area contributed by atoms with Crippen molar-refractivity contribution in [3.63, 3.8) is 0 Å². The van der Waals surface area contributed by atoms with E-state index >= 15 is 0 Å². The van der Waals surface area contributed by atoms with Gasteiger partial charge in [0, 0.05) is 24.8 Å². The minimum absolute atomic E-state index is 0.145. The molecule has 112 valence electrons. The smallest absolute Gasteiger partial charge is 0.178 e. The molecule has 5 heteroatoms. The normalized spacial score (nSPS) is 19.1. The van der Waals surface area contributed by atoms with Crippen molar-refractivity contribution in [3.05, 3.63) is 24.3 Å². The maximum Gasteiger partial charge on any atom is 0.178 e. The average molecular weight is 296 g/mol. The molecule has 20 heavy (non-hydrogen) atoms. The van der Waals surface area contributed by atoms with Crippen LogP contribution in [0.5, 0.6) is 0 Å². The molecule has 1 fully saturated rings. The number of anilines is 1. The molecule has 1 heterocycles. The molecule has 4 nitrogen and oxygen atoms in total. The zero-order valence-corrected chi connectivity index (χ0v) is 13.1. The molecule has 0 aromatic heterocycles. The SMILES string of the molecule is CCS(=O)(=O)c1ccc(N2CCC(C(C)N)CC2)cc1. The summed E-state index contributed by atoms with van der Waals surface area (Å²) in [6, 6.07) is 7.51. The van der Waals surface area contributed by atoms with Gasteiger partial charge in [0.2, 0.25) is 0 Å². The highest BCUT2D eigenvalue weighted by Crippen LogP contribution is 2.25. The largest absolute Gasteiger partial charge is 0.372 e. The third kappa shape index (κ3) is 3.33. The number of sulfone groups is 1. The Hall–Kier alpha value is -1.07. The summed E-state index contributed by atoms with van der Waals surface area (Å²) in [5.74, 6) is 0.748. The second-order valence-corrected chi connectivity index (χ2v) is 7.86. The molecular weight excluding hydrogens is 272 g/mol. The van der Waals surface area contributed by atoms with Crippen LogP contribution in [0.15, 0.2) is 29.2 Å². The zero-order chi connectivity index (χ0) is 14.8. The summed E-state index contributed by atoms with van der Waals surface area (Å²) in [6.45, 7) is 5.73. The standard InChI is InChI=1S/C15H24N2O2S/c1-3-20(18,19)15-6-4-14(5-7-15)17-10-8-13(9-11-17)12(2)16/h4-7,12-13H,3,8-11,16H2,1-2H3. The lowest BCUT2D eigenvalue weighted by Gasteiger charge is -2.35. The monoisotopic (exact) mass is 296 g/mol. The first-order valence-electron chi connectivity index (χ1n) is 7.27. The molecule has 2 N–H and O–H groups in total.